The third-order valence-electron chi connectivity index (χ3n) is 7.70. The Morgan fingerprint density at radius 3 is 2.02 bits per heavy atom. The third-order valence-corrected chi connectivity index (χ3v) is 8.36. The fourth-order valence-electron chi connectivity index (χ4n) is 5.86. The van der Waals surface area contributed by atoms with Crippen molar-refractivity contribution in [3.63, 3.8) is 0 Å². The summed E-state index contributed by atoms with van der Waals surface area (Å²) >= 11 is 3.78. The summed E-state index contributed by atoms with van der Waals surface area (Å²) in [7, 11) is 0. The van der Waals surface area contributed by atoms with E-state index in [1.807, 2.05) is 6.07 Å². The quantitative estimate of drug-likeness (QED) is 0.210. The number of hydrogen-bond donors (Lipinski definition) is 0. The minimum atomic E-state index is 0.663. The van der Waals surface area contributed by atoms with Crippen LogP contribution in [0.5, 0.6) is 0 Å². The van der Waals surface area contributed by atoms with Crippen molar-refractivity contribution in [2.24, 2.45) is 0 Å². The molecule has 8 aromatic rings. The maximum absolute atomic E-state index is 5.23. The highest BCUT2D eigenvalue weighted by Gasteiger charge is 2.18. The first-order valence-corrected chi connectivity index (χ1v) is 14.1. The maximum atomic E-state index is 5.23. The Kier molecular flexibility index (Phi) is 5.29. The molecule has 6 aromatic carbocycles. The van der Waals surface area contributed by atoms with Gasteiger partial charge in [-0.05, 0) is 46.2 Å². The average molecular weight is 576 g/mol. The molecule has 3 nitrogen and oxygen atoms in total. The second-order valence-corrected chi connectivity index (χ2v) is 10.8. The van der Waals surface area contributed by atoms with Crippen LogP contribution in [-0.4, -0.2) is 14.5 Å². The van der Waals surface area contributed by atoms with Crippen LogP contribution in [0.4, 0.5) is 0 Å². The highest BCUT2D eigenvalue weighted by Crippen LogP contribution is 2.37. The van der Waals surface area contributed by atoms with Gasteiger partial charge in [0.2, 0.25) is 5.95 Å². The lowest BCUT2D eigenvalue weighted by molar-refractivity contribution is 1.01. The molecule has 0 fully saturated rings. The molecular weight excluding hydrogens is 554 g/mol. The molecule has 0 amide bonds. The van der Waals surface area contributed by atoms with Crippen LogP contribution >= 0.6 is 15.9 Å². The molecule has 0 saturated carbocycles. The first-order chi connectivity index (χ1) is 19.8. The monoisotopic (exact) mass is 575 g/mol. The average Bonchev–Trinajstić information content (AvgIpc) is 3.36. The molecule has 4 heteroatoms. The molecule has 0 aliphatic heterocycles. The second kappa shape index (κ2) is 9.15. The van der Waals surface area contributed by atoms with E-state index in [2.05, 4.69) is 148 Å². The van der Waals surface area contributed by atoms with E-state index in [0.29, 0.717) is 5.95 Å². The molecule has 0 unspecified atom stereocenters. The van der Waals surface area contributed by atoms with Crippen molar-refractivity contribution in [2.45, 2.75) is 0 Å². The normalized spacial score (nSPS) is 11.6. The Labute approximate surface area is 239 Å². The Bertz CT molecular complexity index is 2220. The zero-order valence-corrected chi connectivity index (χ0v) is 23.0. The van der Waals surface area contributed by atoms with Crippen LogP contribution in [0, 0.1) is 0 Å². The molecule has 8 rings (SSSR count). The smallest absolute Gasteiger partial charge is 0.235 e. The topological polar surface area (TPSA) is 30.7 Å². The van der Waals surface area contributed by atoms with E-state index < -0.39 is 0 Å². The van der Waals surface area contributed by atoms with Gasteiger partial charge in [0.25, 0.3) is 0 Å². The summed E-state index contributed by atoms with van der Waals surface area (Å²) in [4.78, 5) is 10.3. The van der Waals surface area contributed by atoms with Crippen LogP contribution in [0.1, 0.15) is 0 Å². The zero-order valence-electron chi connectivity index (χ0n) is 21.4. The molecule has 0 bridgehead atoms. The van der Waals surface area contributed by atoms with Crippen LogP contribution in [0.25, 0.3) is 71.8 Å². The minimum absolute atomic E-state index is 0.663. The van der Waals surface area contributed by atoms with Crippen molar-refractivity contribution in [3.8, 4) is 28.3 Å². The molecule has 0 atom stereocenters. The first-order valence-electron chi connectivity index (χ1n) is 13.3. The lowest BCUT2D eigenvalue weighted by atomic mass is 9.96. The highest BCUT2D eigenvalue weighted by molar-refractivity contribution is 9.10. The van der Waals surface area contributed by atoms with Crippen molar-refractivity contribution in [1.82, 2.24) is 14.5 Å². The predicted molar refractivity (Wildman–Crippen MR) is 170 cm³/mol. The van der Waals surface area contributed by atoms with Gasteiger partial charge >= 0.3 is 0 Å². The third kappa shape index (κ3) is 3.57. The SMILES string of the molecule is Brc1cccc2c1c1ccccc1n2-c1nc(-c2ccc(-c3cccc4ccccc34)cc2)c2ccccc2n1. The molecule has 0 aliphatic rings. The number of para-hydroxylation sites is 2. The maximum Gasteiger partial charge on any atom is 0.235 e. The van der Waals surface area contributed by atoms with Gasteiger partial charge in [-0.1, -0.05) is 125 Å². The summed E-state index contributed by atoms with van der Waals surface area (Å²) in [5.41, 5.74) is 7.47. The van der Waals surface area contributed by atoms with Crippen molar-refractivity contribution >= 4 is 59.4 Å². The fourth-order valence-corrected chi connectivity index (χ4v) is 6.43. The van der Waals surface area contributed by atoms with E-state index in [4.69, 9.17) is 9.97 Å². The van der Waals surface area contributed by atoms with E-state index in [1.165, 1.54) is 27.3 Å². The van der Waals surface area contributed by atoms with Gasteiger partial charge in [0.05, 0.1) is 22.2 Å². The Morgan fingerprint density at radius 2 is 1.15 bits per heavy atom. The summed E-state index contributed by atoms with van der Waals surface area (Å²) < 4.78 is 3.24. The number of nitrogens with zero attached hydrogens (tertiary/aromatic N) is 3. The first kappa shape index (κ1) is 23.1. The summed E-state index contributed by atoms with van der Waals surface area (Å²) in [5.74, 6) is 0.663. The van der Waals surface area contributed by atoms with Crippen molar-refractivity contribution in [2.75, 3.05) is 0 Å². The van der Waals surface area contributed by atoms with E-state index >= 15 is 0 Å². The molecule has 40 heavy (non-hydrogen) atoms. The number of rotatable bonds is 3. The number of hydrogen-bond acceptors (Lipinski definition) is 2. The Hall–Kier alpha value is -4.80. The highest BCUT2D eigenvalue weighted by atomic mass is 79.9. The van der Waals surface area contributed by atoms with E-state index in [0.717, 1.165) is 43.1 Å². The predicted octanol–water partition coefficient (Wildman–Crippen LogP) is 9.98. The van der Waals surface area contributed by atoms with Gasteiger partial charge in [0, 0.05) is 26.2 Å². The van der Waals surface area contributed by atoms with Crippen molar-refractivity contribution in [1.29, 1.82) is 0 Å². The van der Waals surface area contributed by atoms with Crippen LogP contribution in [0.15, 0.2) is 138 Å². The zero-order chi connectivity index (χ0) is 26.6. The minimum Gasteiger partial charge on any atom is -0.278 e. The van der Waals surface area contributed by atoms with Crippen LogP contribution in [0.3, 0.4) is 0 Å². The van der Waals surface area contributed by atoms with Gasteiger partial charge in [-0.25, -0.2) is 9.97 Å². The van der Waals surface area contributed by atoms with Gasteiger partial charge in [-0.2, -0.15) is 0 Å². The largest absolute Gasteiger partial charge is 0.278 e. The molecule has 2 aromatic heterocycles. The van der Waals surface area contributed by atoms with Gasteiger partial charge in [0.1, 0.15) is 0 Å². The Morgan fingerprint density at radius 1 is 0.500 bits per heavy atom. The fraction of sp³-hybridized carbons (Fsp3) is 0. The van der Waals surface area contributed by atoms with E-state index in [1.54, 1.807) is 0 Å². The van der Waals surface area contributed by atoms with E-state index in [9.17, 15) is 0 Å². The van der Waals surface area contributed by atoms with Crippen LogP contribution in [-0.2, 0) is 0 Å². The van der Waals surface area contributed by atoms with E-state index in [-0.39, 0.29) is 0 Å². The molecule has 0 saturated heterocycles. The molecule has 2 heterocycles. The summed E-state index contributed by atoms with van der Waals surface area (Å²) in [6, 6.07) is 46.8. The number of aromatic nitrogens is 3. The van der Waals surface area contributed by atoms with Crippen molar-refractivity contribution in [3.05, 3.63) is 138 Å². The van der Waals surface area contributed by atoms with Gasteiger partial charge < -0.3 is 0 Å². The van der Waals surface area contributed by atoms with Gasteiger partial charge in [-0.15, -0.1) is 0 Å². The molecule has 0 N–H and O–H groups in total. The standard InChI is InChI=1S/C36H22BrN3/c37-30-15-8-18-33-34(30)29-13-4-6-17-32(29)40(33)36-38-31-16-5-3-12-28(31)35(39-36)25-21-19-24(20-22-25)27-14-7-10-23-9-1-2-11-26(23)27/h1-22H. The molecule has 0 spiro atoms. The van der Waals surface area contributed by atoms with Crippen molar-refractivity contribution < 1.29 is 0 Å². The molecule has 0 radical (unpaired) electrons. The lowest BCUT2D eigenvalue weighted by Crippen LogP contribution is -2.03. The summed E-state index contributed by atoms with van der Waals surface area (Å²) in [6.45, 7) is 0. The number of fused-ring (bicyclic) bond motifs is 5. The summed E-state index contributed by atoms with van der Waals surface area (Å²) in [5, 5.41) is 5.86. The number of halogens is 1. The lowest BCUT2D eigenvalue weighted by Gasteiger charge is -2.12. The van der Waals surface area contributed by atoms with Crippen LogP contribution in [0.2, 0.25) is 0 Å². The van der Waals surface area contributed by atoms with Crippen LogP contribution < -0.4 is 0 Å². The van der Waals surface area contributed by atoms with Gasteiger partial charge in [0.15, 0.2) is 0 Å². The number of benzene rings is 6. The molecule has 188 valence electrons. The molecule has 0 aliphatic carbocycles. The van der Waals surface area contributed by atoms with Gasteiger partial charge in [-0.3, -0.25) is 4.57 Å². The Balaban J connectivity index is 1.34. The summed E-state index contributed by atoms with van der Waals surface area (Å²) in [6.07, 6.45) is 0. The molecular formula is C36H22BrN3. The second-order valence-electron chi connectivity index (χ2n) is 9.98.